The minimum absolute atomic E-state index is 0.333. The van der Waals surface area contributed by atoms with Crippen molar-refractivity contribution in [3.63, 3.8) is 0 Å². The number of hydrogen-bond acceptors (Lipinski definition) is 4. The molecule has 3 nitrogen and oxygen atoms in total. The van der Waals surface area contributed by atoms with E-state index in [1.165, 1.54) is 0 Å². The standard InChI is InChI=1S/C15H18BNO2S/c1-14(2)15(3,4)19-16(18-14)11-7-5-9-17-13(11)12-8-6-10-20-12/h5-10H,1-4H3. The molecule has 0 spiro atoms. The molecule has 3 rings (SSSR count). The molecular formula is C15H18BNO2S. The minimum atomic E-state index is -0.370. The maximum absolute atomic E-state index is 6.13. The van der Waals surface area contributed by atoms with E-state index < -0.39 is 0 Å². The van der Waals surface area contributed by atoms with Crippen molar-refractivity contribution >= 4 is 23.9 Å². The molecule has 2 aromatic heterocycles. The van der Waals surface area contributed by atoms with Gasteiger partial charge < -0.3 is 9.31 Å². The van der Waals surface area contributed by atoms with Crippen LogP contribution in [0.15, 0.2) is 35.8 Å². The summed E-state index contributed by atoms with van der Waals surface area (Å²) in [5, 5.41) is 2.05. The molecule has 0 radical (unpaired) electrons. The zero-order valence-electron chi connectivity index (χ0n) is 12.2. The SMILES string of the molecule is CC1(C)OB(c2cccnc2-c2cccs2)OC1(C)C. The number of pyridine rings is 1. The van der Waals surface area contributed by atoms with E-state index in [9.17, 15) is 0 Å². The number of thiophene rings is 1. The van der Waals surface area contributed by atoms with Gasteiger partial charge in [0.1, 0.15) is 0 Å². The van der Waals surface area contributed by atoms with E-state index in [1.54, 1.807) is 11.3 Å². The third-order valence-corrected chi connectivity index (χ3v) is 4.98. The molecule has 1 saturated heterocycles. The molecule has 1 fully saturated rings. The van der Waals surface area contributed by atoms with Crippen LogP contribution < -0.4 is 5.46 Å². The zero-order valence-corrected chi connectivity index (χ0v) is 13.0. The molecule has 104 valence electrons. The molecular weight excluding hydrogens is 269 g/mol. The van der Waals surface area contributed by atoms with Crippen molar-refractivity contribution in [2.24, 2.45) is 0 Å². The lowest BCUT2D eigenvalue weighted by atomic mass is 9.77. The van der Waals surface area contributed by atoms with Gasteiger partial charge in [-0.3, -0.25) is 4.98 Å². The normalized spacial score (nSPS) is 20.3. The molecule has 0 amide bonds. The quantitative estimate of drug-likeness (QED) is 0.795. The fourth-order valence-corrected chi connectivity index (χ4v) is 2.94. The van der Waals surface area contributed by atoms with Gasteiger partial charge in [0, 0.05) is 11.7 Å². The van der Waals surface area contributed by atoms with E-state index in [0.717, 1.165) is 16.0 Å². The molecule has 0 atom stereocenters. The lowest BCUT2D eigenvalue weighted by Crippen LogP contribution is -2.41. The monoisotopic (exact) mass is 287 g/mol. The summed E-state index contributed by atoms with van der Waals surface area (Å²) in [5.74, 6) is 0. The third-order valence-electron chi connectivity index (χ3n) is 4.10. The lowest BCUT2D eigenvalue weighted by molar-refractivity contribution is 0.00578. The average Bonchev–Trinajstić information content (AvgIpc) is 2.97. The number of rotatable bonds is 2. The number of aromatic nitrogens is 1. The van der Waals surface area contributed by atoms with Crippen molar-refractivity contribution in [1.29, 1.82) is 0 Å². The topological polar surface area (TPSA) is 31.4 Å². The smallest absolute Gasteiger partial charge is 0.399 e. The molecule has 0 N–H and O–H groups in total. The first-order valence-corrected chi connectivity index (χ1v) is 7.63. The van der Waals surface area contributed by atoms with Gasteiger partial charge in [-0.15, -0.1) is 11.3 Å². The average molecular weight is 287 g/mol. The summed E-state index contributed by atoms with van der Waals surface area (Å²) < 4.78 is 12.3. The van der Waals surface area contributed by atoms with E-state index in [-0.39, 0.29) is 18.3 Å². The van der Waals surface area contributed by atoms with Crippen LogP contribution in [0.1, 0.15) is 27.7 Å². The first-order valence-electron chi connectivity index (χ1n) is 6.75. The Morgan fingerprint density at radius 2 is 1.75 bits per heavy atom. The second kappa shape index (κ2) is 4.69. The Bertz CT molecular complexity index is 594. The molecule has 0 aliphatic carbocycles. The van der Waals surface area contributed by atoms with Crippen LogP contribution in [-0.2, 0) is 9.31 Å². The highest BCUT2D eigenvalue weighted by molar-refractivity contribution is 7.13. The van der Waals surface area contributed by atoms with Gasteiger partial charge in [-0.05, 0) is 45.2 Å². The van der Waals surface area contributed by atoms with E-state index in [1.807, 2.05) is 24.4 Å². The minimum Gasteiger partial charge on any atom is -0.399 e. The van der Waals surface area contributed by atoms with Crippen LogP contribution in [0.2, 0.25) is 0 Å². The Morgan fingerprint density at radius 1 is 1.05 bits per heavy atom. The van der Waals surface area contributed by atoms with Crippen molar-refractivity contribution in [3.8, 4) is 10.6 Å². The van der Waals surface area contributed by atoms with Crippen molar-refractivity contribution in [2.45, 2.75) is 38.9 Å². The van der Waals surface area contributed by atoms with Gasteiger partial charge in [-0.2, -0.15) is 0 Å². The fourth-order valence-electron chi connectivity index (χ4n) is 2.20. The van der Waals surface area contributed by atoms with Crippen LogP contribution in [0, 0.1) is 0 Å². The van der Waals surface area contributed by atoms with E-state index >= 15 is 0 Å². The fraction of sp³-hybridized carbons (Fsp3) is 0.400. The van der Waals surface area contributed by atoms with Crippen molar-refractivity contribution < 1.29 is 9.31 Å². The van der Waals surface area contributed by atoms with Gasteiger partial charge in [-0.25, -0.2) is 0 Å². The first kappa shape index (κ1) is 13.8. The molecule has 0 bridgehead atoms. The van der Waals surface area contributed by atoms with Crippen LogP contribution >= 0.6 is 11.3 Å². The second-order valence-corrected chi connectivity index (χ2v) is 6.95. The van der Waals surface area contributed by atoms with E-state index in [0.29, 0.717) is 0 Å². The van der Waals surface area contributed by atoms with Crippen molar-refractivity contribution in [2.75, 3.05) is 0 Å². The highest BCUT2D eigenvalue weighted by Gasteiger charge is 2.52. The molecule has 3 heterocycles. The van der Waals surface area contributed by atoms with Crippen LogP contribution in [0.3, 0.4) is 0 Å². The van der Waals surface area contributed by atoms with Crippen molar-refractivity contribution in [1.82, 2.24) is 4.98 Å². The maximum Gasteiger partial charge on any atom is 0.497 e. The largest absolute Gasteiger partial charge is 0.497 e. The Balaban J connectivity index is 2.01. The predicted octanol–water partition coefficient (Wildman–Crippen LogP) is 3.11. The van der Waals surface area contributed by atoms with Gasteiger partial charge in [0.2, 0.25) is 0 Å². The Hall–Kier alpha value is -1.17. The summed E-state index contributed by atoms with van der Waals surface area (Å²) in [6.07, 6.45) is 1.81. The highest BCUT2D eigenvalue weighted by Crippen LogP contribution is 2.37. The number of hydrogen-bond donors (Lipinski definition) is 0. The number of nitrogens with zero attached hydrogens (tertiary/aromatic N) is 1. The molecule has 0 saturated carbocycles. The summed E-state index contributed by atoms with van der Waals surface area (Å²) in [6, 6.07) is 8.06. The Kier molecular flexibility index (Phi) is 3.24. The molecule has 0 aromatic carbocycles. The van der Waals surface area contributed by atoms with Crippen LogP contribution in [0.4, 0.5) is 0 Å². The van der Waals surface area contributed by atoms with Crippen LogP contribution in [-0.4, -0.2) is 23.3 Å². The van der Waals surface area contributed by atoms with Gasteiger partial charge >= 0.3 is 7.12 Å². The molecule has 5 heteroatoms. The van der Waals surface area contributed by atoms with Gasteiger partial charge in [0.05, 0.1) is 21.8 Å². The molecule has 1 aliphatic rings. The predicted molar refractivity (Wildman–Crippen MR) is 83.3 cm³/mol. The second-order valence-electron chi connectivity index (χ2n) is 6.01. The molecule has 1 aliphatic heterocycles. The summed E-state index contributed by atoms with van der Waals surface area (Å²) in [5.41, 5.74) is 1.27. The summed E-state index contributed by atoms with van der Waals surface area (Å²) in [4.78, 5) is 5.65. The van der Waals surface area contributed by atoms with Gasteiger partial charge in [-0.1, -0.05) is 12.1 Å². The molecule has 0 unspecified atom stereocenters. The molecule has 2 aromatic rings. The zero-order chi connectivity index (χ0) is 14.4. The summed E-state index contributed by atoms with van der Waals surface area (Å²) in [7, 11) is -0.370. The van der Waals surface area contributed by atoms with Crippen molar-refractivity contribution in [3.05, 3.63) is 35.8 Å². The highest BCUT2D eigenvalue weighted by atomic mass is 32.1. The van der Waals surface area contributed by atoms with E-state index in [2.05, 4.69) is 44.1 Å². The van der Waals surface area contributed by atoms with Gasteiger partial charge in [0.25, 0.3) is 0 Å². The first-order chi connectivity index (χ1) is 9.41. The lowest BCUT2D eigenvalue weighted by Gasteiger charge is -2.32. The summed E-state index contributed by atoms with van der Waals surface area (Å²) in [6.45, 7) is 8.25. The summed E-state index contributed by atoms with van der Waals surface area (Å²) >= 11 is 1.68. The molecule has 20 heavy (non-hydrogen) atoms. The maximum atomic E-state index is 6.13. The van der Waals surface area contributed by atoms with Crippen LogP contribution in [0.25, 0.3) is 10.6 Å². The third kappa shape index (κ3) is 2.20. The Morgan fingerprint density at radius 3 is 2.35 bits per heavy atom. The van der Waals surface area contributed by atoms with E-state index in [4.69, 9.17) is 9.31 Å². The Labute approximate surface area is 124 Å². The van der Waals surface area contributed by atoms with Gasteiger partial charge in [0.15, 0.2) is 0 Å². The van der Waals surface area contributed by atoms with Crippen LogP contribution in [0.5, 0.6) is 0 Å².